The van der Waals surface area contributed by atoms with Gasteiger partial charge in [0.25, 0.3) is 0 Å². The van der Waals surface area contributed by atoms with Crippen molar-refractivity contribution < 1.29 is 9.18 Å². The van der Waals surface area contributed by atoms with E-state index in [1.54, 1.807) is 12.1 Å². The molecule has 86 valence electrons. The number of nitrogens with one attached hydrogen (secondary N) is 1. The van der Waals surface area contributed by atoms with E-state index in [0.717, 1.165) is 18.0 Å². The fourth-order valence-electron chi connectivity index (χ4n) is 1.63. The van der Waals surface area contributed by atoms with Crippen molar-refractivity contribution in [1.82, 2.24) is 5.32 Å². The summed E-state index contributed by atoms with van der Waals surface area (Å²) in [7, 11) is 0. The van der Waals surface area contributed by atoms with Gasteiger partial charge in [0.1, 0.15) is 5.82 Å². The standard InChI is InChI=1S/C13H16FNO/c14-12-5-3-10(4-6-12)7-13(16)9-15-8-11-1-2-11/h3-6,11,15H,1-2,7-9H2. The molecule has 3 heteroatoms. The average molecular weight is 221 g/mol. The summed E-state index contributed by atoms with van der Waals surface area (Å²) in [6, 6.07) is 6.10. The van der Waals surface area contributed by atoms with E-state index < -0.39 is 0 Å². The molecule has 0 aliphatic heterocycles. The van der Waals surface area contributed by atoms with Crippen LogP contribution in [0.4, 0.5) is 4.39 Å². The first-order valence-electron chi connectivity index (χ1n) is 5.71. The van der Waals surface area contributed by atoms with Gasteiger partial charge in [-0.2, -0.15) is 0 Å². The van der Waals surface area contributed by atoms with Crippen LogP contribution in [0.25, 0.3) is 0 Å². The summed E-state index contributed by atoms with van der Waals surface area (Å²) in [5.74, 6) is 0.689. The molecule has 16 heavy (non-hydrogen) atoms. The molecule has 0 heterocycles. The minimum atomic E-state index is -0.261. The summed E-state index contributed by atoms with van der Waals surface area (Å²) < 4.78 is 12.6. The number of hydrogen-bond donors (Lipinski definition) is 1. The largest absolute Gasteiger partial charge is 0.310 e. The van der Waals surface area contributed by atoms with Crippen molar-refractivity contribution in [3.63, 3.8) is 0 Å². The Labute approximate surface area is 94.9 Å². The number of benzene rings is 1. The van der Waals surface area contributed by atoms with Gasteiger partial charge in [0.05, 0.1) is 6.54 Å². The molecular weight excluding hydrogens is 205 g/mol. The second kappa shape index (κ2) is 5.21. The van der Waals surface area contributed by atoms with E-state index in [2.05, 4.69) is 5.32 Å². The maximum absolute atomic E-state index is 12.6. The van der Waals surface area contributed by atoms with E-state index >= 15 is 0 Å². The van der Waals surface area contributed by atoms with Crippen LogP contribution in [-0.2, 0) is 11.2 Å². The number of hydrogen-bond acceptors (Lipinski definition) is 2. The van der Waals surface area contributed by atoms with Crippen LogP contribution in [0.2, 0.25) is 0 Å². The molecule has 0 spiro atoms. The molecule has 1 N–H and O–H groups in total. The number of carbonyl (C=O) groups excluding carboxylic acids is 1. The van der Waals surface area contributed by atoms with Gasteiger partial charge in [0.15, 0.2) is 5.78 Å². The van der Waals surface area contributed by atoms with E-state index in [1.165, 1.54) is 25.0 Å². The number of Topliss-reactive ketones (excluding diaryl/α,β-unsaturated/α-hetero) is 1. The van der Waals surface area contributed by atoms with Crippen LogP contribution in [0.1, 0.15) is 18.4 Å². The molecule has 1 fully saturated rings. The van der Waals surface area contributed by atoms with Crippen LogP contribution in [0.5, 0.6) is 0 Å². The molecule has 1 aliphatic carbocycles. The molecule has 0 aromatic heterocycles. The molecule has 0 radical (unpaired) electrons. The third-order valence-corrected chi connectivity index (χ3v) is 2.77. The first-order chi connectivity index (χ1) is 7.74. The molecule has 2 nitrogen and oxygen atoms in total. The number of halogens is 1. The van der Waals surface area contributed by atoms with E-state index in [1.807, 2.05) is 0 Å². The number of rotatable bonds is 6. The summed E-state index contributed by atoms with van der Waals surface area (Å²) >= 11 is 0. The highest BCUT2D eigenvalue weighted by Gasteiger charge is 2.20. The zero-order valence-electron chi connectivity index (χ0n) is 9.21. The van der Waals surface area contributed by atoms with Crippen molar-refractivity contribution in [1.29, 1.82) is 0 Å². The fourth-order valence-corrected chi connectivity index (χ4v) is 1.63. The lowest BCUT2D eigenvalue weighted by Gasteiger charge is -2.03. The summed E-state index contributed by atoms with van der Waals surface area (Å²) in [6.07, 6.45) is 2.97. The average Bonchev–Trinajstić information content (AvgIpc) is 3.05. The molecule has 0 saturated heterocycles. The molecule has 1 aliphatic rings. The molecular formula is C13H16FNO. The lowest BCUT2D eigenvalue weighted by atomic mass is 10.1. The van der Waals surface area contributed by atoms with Gasteiger partial charge in [0, 0.05) is 6.42 Å². The molecule has 1 saturated carbocycles. The molecule has 0 amide bonds. The normalized spacial score (nSPS) is 15.1. The number of carbonyl (C=O) groups is 1. The van der Waals surface area contributed by atoms with Crippen LogP contribution < -0.4 is 5.32 Å². The Balaban J connectivity index is 1.70. The highest BCUT2D eigenvalue weighted by atomic mass is 19.1. The van der Waals surface area contributed by atoms with Gasteiger partial charge < -0.3 is 5.32 Å². The molecule has 0 atom stereocenters. The first kappa shape index (κ1) is 11.3. The van der Waals surface area contributed by atoms with Crippen molar-refractivity contribution in [2.24, 2.45) is 5.92 Å². The Morgan fingerprint density at radius 2 is 2.00 bits per heavy atom. The van der Waals surface area contributed by atoms with Gasteiger partial charge in [-0.1, -0.05) is 12.1 Å². The smallest absolute Gasteiger partial charge is 0.150 e. The van der Waals surface area contributed by atoms with Gasteiger partial charge in [-0.3, -0.25) is 4.79 Å². The minimum absolute atomic E-state index is 0.159. The van der Waals surface area contributed by atoms with Crippen molar-refractivity contribution >= 4 is 5.78 Å². The molecule has 2 rings (SSSR count). The molecule has 1 aromatic rings. The minimum Gasteiger partial charge on any atom is -0.310 e. The predicted molar refractivity (Wildman–Crippen MR) is 60.7 cm³/mol. The van der Waals surface area contributed by atoms with Crippen LogP contribution in [0.3, 0.4) is 0 Å². The Morgan fingerprint density at radius 1 is 1.31 bits per heavy atom. The lowest BCUT2D eigenvalue weighted by molar-refractivity contribution is -0.117. The Morgan fingerprint density at radius 3 is 2.62 bits per heavy atom. The maximum Gasteiger partial charge on any atom is 0.150 e. The second-order valence-electron chi connectivity index (χ2n) is 4.42. The van der Waals surface area contributed by atoms with Crippen molar-refractivity contribution in [2.45, 2.75) is 19.3 Å². The van der Waals surface area contributed by atoms with Crippen LogP contribution in [-0.4, -0.2) is 18.9 Å². The highest BCUT2D eigenvalue weighted by Crippen LogP contribution is 2.27. The van der Waals surface area contributed by atoms with Crippen molar-refractivity contribution in [2.75, 3.05) is 13.1 Å². The second-order valence-corrected chi connectivity index (χ2v) is 4.42. The van der Waals surface area contributed by atoms with Gasteiger partial charge in [0.2, 0.25) is 0 Å². The highest BCUT2D eigenvalue weighted by molar-refractivity contribution is 5.82. The summed E-state index contributed by atoms with van der Waals surface area (Å²) in [6.45, 7) is 1.38. The van der Waals surface area contributed by atoms with Gasteiger partial charge in [-0.15, -0.1) is 0 Å². The summed E-state index contributed by atoms with van der Waals surface area (Å²) in [5, 5.41) is 3.16. The summed E-state index contributed by atoms with van der Waals surface area (Å²) in [4.78, 5) is 11.5. The Hall–Kier alpha value is -1.22. The molecule has 0 unspecified atom stereocenters. The Kier molecular flexibility index (Phi) is 3.67. The van der Waals surface area contributed by atoms with Gasteiger partial charge in [-0.25, -0.2) is 4.39 Å². The van der Waals surface area contributed by atoms with Gasteiger partial charge >= 0.3 is 0 Å². The zero-order chi connectivity index (χ0) is 11.4. The zero-order valence-corrected chi connectivity index (χ0v) is 9.21. The lowest BCUT2D eigenvalue weighted by Crippen LogP contribution is -2.26. The predicted octanol–water partition coefficient (Wildman–Crippen LogP) is 1.94. The topological polar surface area (TPSA) is 29.1 Å². The SMILES string of the molecule is O=C(CNCC1CC1)Cc1ccc(F)cc1. The fraction of sp³-hybridized carbons (Fsp3) is 0.462. The van der Waals surface area contributed by atoms with E-state index in [0.29, 0.717) is 13.0 Å². The summed E-state index contributed by atoms with van der Waals surface area (Å²) in [5.41, 5.74) is 0.875. The Bertz CT molecular complexity index is 357. The monoisotopic (exact) mass is 221 g/mol. The molecule has 1 aromatic carbocycles. The van der Waals surface area contributed by atoms with Crippen LogP contribution in [0, 0.1) is 11.7 Å². The van der Waals surface area contributed by atoms with Crippen LogP contribution >= 0.6 is 0 Å². The number of ketones is 1. The first-order valence-corrected chi connectivity index (χ1v) is 5.71. The molecule has 0 bridgehead atoms. The third kappa shape index (κ3) is 3.74. The third-order valence-electron chi connectivity index (χ3n) is 2.77. The van der Waals surface area contributed by atoms with Gasteiger partial charge in [-0.05, 0) is 43.0 Å². The van der Waals surface area contributed by atoms with Crippen molar-refractivity contribution in [3.8, 4) is 0 Å². The quantitative estimate of drug-likeness (QED) is 0.795. The van der Waals surface area contributed by atoms with Crippen LogP contribution in [0.15, 0.2) is 24.3 Å². The van der Waals surface area contributed by atoms with E-state index in [-0.39, 0.29) is 11.6 Å². The van der Waals surface area contributed by atoms with E-state index in [9.17, 15) is 9.18 Å². The van der Waals surface area contributed by atoms with Crippen molar-refractivity contribution in [3.05, 3.63) is 35.6 Å². The van der Waals surface area contributed by atoms with E-state index in [4.69, 9.17) is 0 Å². The maximum atomic E-state index is 12.6.